The van der Waals surface area contributed by atoms with Crippen molar-refractivity contribution in [1.29, 1.82) is 0 Å². The number of aromatic nitrogens is 4. The Morgan fingerprint density at radius 2 is 1.89 bits per heavy atom. The van der Waals surface area contributed by atoms with E-state index in [1.807, 2.05) is 0 Å². The summed E-state index contributed by atoms with van der Waals surface area (Å²) in [6.45, 7) is 0. The summed E-state index contributed by atoms with van der Waals surface area (Å²) >= 11 is 6.24. The predicted molar refractivity (Wildman–Crippen MR) is 125 cm³/mol. The van der Waals surface area contributed by atoms with Crippen LogP contribution in [0.2, 0.25) is 5.02 Å². The number of phenols is 2. The molecule has 0 spiro atoms. The number of aromatic hydroxyl groups is 2. The summed E-state index contributed by atoms with van der Waals surface area (Å²) in [4.78, 5) is 20.6. The third-order valence-corrected chi connectivity index (χ3v) is 6.96. The molecule has 0 amide bonds. The van der Waals surface area contributed by atoms with Crippen LogP contribution in [0.1, 0.15) is 5.76 Å². The molecule has 3 aromatic heterocycles. The average Bonchev–Trinajstić information content (AvgIpc) is 3.51. The van der Waals surface area contributed by atoms with Crippen molar-refractivity contribution in [3.05, 3.63) is 76.3 Å². The van der Waals surface area contributed by atoms with E-state index in [4.69, 9.17) is 20.4 Å². The van der Waals surface area contributed by atoms with Crippen LogP contribution in [0.3, 0.4) is 0 Å². The SMILES string of the molecule is O=c1cc(-c2ccccc2Cl)oc2c(-c3ncc(CCS(=O)(=O)n4cncn4)o3)c(O)cc(O)c12. The molecular weight excluding hydrogens is 500 g/mol. The van der Waals surface area contributed by atoms with Crippen molar-refractivity contribution in [3.8, 4) is 34.3 Å². The highest BCUT2D eigenvalue weighted by molar-refractivity contribution is 7.89. The van der Waals surface area contributed by atoms with Crippen LogP contribution in [-0.2, 0) is 16.4 Å². The standard InChI is InChI=1S/C22H15ClN4O7S/c23-14-4-2-1-3-13(14)18-8-17(30)19-15(28)7-16(29)20(21(19)34-18)22-25-9-12(33-22)5-6-35(31,32)27-11-24-10-26-27/h1-4,7-11,28-29H,5-6H2. The van der Waals surface area contributed by atoms with Crippen molar-refractivity contribution < 1.29 is 27.5 Å². The van der Waals surface area contributed by atoms with E-state index in [0.29, 0.717) is 10.6 Å². The predicted octanol–water partition coefficient (Wildman–Crippen LogP) is 3.19. The lowest BCUT2D eigenvalue weighted by Crippen LogP contribution is -2.18. The number of aryl methyl sites for hydroxylation is 1. The van der Waals surface area contributed by atoms with E-state index in [0.717, 1.165) is 22.8 Å². The van der Waals surface area contributed by atoms with Gasteiger partial charge in [-0.3, -0.25) is 4.79 Å². The second-order valence-corrected chi connectivity index (χ2v) is 9.77. The quantitative estimate of drug-likeness (QED) is 0.344. The minimum atomic E-state index is -3.76. The Kier molecular flexibility index (Phi) is 5.53. The lowest BCUT2D eigenvalue weighted by Gasteiger charge is -2.10. The molecule has 0 atom stereocenters. The van der Waals surface area contributed by atoms with Gasteiger partial charge in [0, 0.05) is 24.1 Å². The van der Waals surface area contributed by atoms with E-state index in [1.54, 1.807) is 24.3 Å². The second-order valence-electron chi connectivity index (χ2n) is 7.41. The lowest BCUT2D eigenvalue weighted by molar-refractivity contribution is 0.450. The molecule has 11 nitrogen and oxygen atoms in total. The molecule has 0 aliphatic carbocycles. The van der Waals surface area contributed by atoms with E-state index in [-0.39, 0.29) is 46.1 Å². The maximum absolute atomic E-state index is 12.9. The maximum atomic E-state index is 12.9. The first-order valence-electron chi connectivity index (χ1n) is 10.1. The van der Waals surface area contributed by atoms with Crippen LogP contribution in [0.25, 0.3) is 33.7 Å². The first-order valence-corrected chi connectivity index (χ1v) is 12.0. The van der Waals surface area contributed by atoms with Gasteiger partial charge >= 0.3 is 0 Å². The van der Waals surface area contributed by atoms with Crippen molar-refractivity contribution in [3.63, 3.8) is 0 Å². The fourth-order valence-electron chi connectivity index (χ4n) is 3.51. The number of phenolic OH excluding ortho intramolecular Hbond substituents is 2. The normalized spacial score (nSPS) is 11.8. The molecule has 0 saturated carbocycles. The number of benzene rings is 2. The Labute approximate surface area is 201 Å². The van der Waals surface area contributed by atoms with Crippen LogP contribution in [0.5, 0.6) is 11.5 Å². The van der Waals surface area contributed by atoms with Crippen LogP contribution in [0.4, 0.5) is 0 Å². The largest absolute Gasteiger partial charge is 0.507 e. The van der Waals surface area contributed by atoms with Crippen LogP contribution in [-0.4, -0.2) is 43.5 Å². The zero-order valence-corrected chi connectivity index (χ0v) is 19.2. The molecule has 5 aromatic rings. The molecule has 2 aromatic carbocycles. The molecule has 13 heteroatoms. The van der Waals surface area contributed by atoms with Gasteiger partial charge in [0.2, 0.25) is 5.89 Å². The number of fused-ring (bicyclic) bond motifs is 1. The first-order chi connectivity index (χ1) is 16.7. The summed E-state index contributed by atoms with van der Waals surface area (Å²) in [5, 5.41) is 24.6. The molecule has 0 radical (unpaired) electrons. The smallest absolute Gasteiger partial charge is 0.255 e. The summed E-state index contributed by atoms with van der Waals surface area (Å²) in [5.74, 6) is -1.15. The van der Waals surface area contributed by atoms with Gasteiger partial charge in [-0.25, -0.2) is 18.4 Å². The highest BCUT2D eigenvalue weighted by Crippen LogP contribution is 2.41. The molecule has 178 valence electrons. The van der Waals surface area contributed by atoms with Crippen LogP contribution >= 0.6 is 11.6 Å². The Morgan fingerprint density at radius 3 is 2.63 bits per heavy atom. The Morgan fingerprint density at radius 1 is 1.09 bits per heavy atom. The number of nitrogens with zero attached hydrogens (tertiary/aromatic N) is 4. The number of oxazole rings is 1. The minimum Gasteiger partial charge on any atom is -0.507 e. The number of rotatable bonds is 6. The van der Waals surface area contributed by atoms with Gasteiger partial charge in [-0.05, 0) is 12.1 Å². The molecule has 35 heavy (non-hydrogen) atoms. The molecule has 5 rings (SSSR count). The monoisotopic (exact) mass is 514 g/mol. The van der Waals surface area contributed by atoms with Gasteiger partial charge in [0.1, 0.15) is 46.6 Å². The van der Waals surface area contributed by atoms with Gasteiger partial charge in [0.25, 0.3) is 10.0 Å². The van der Waals surface area contributed by atoms with Crippen LogP contribution < -0.4 is 5.43 Å². The highest BCUT2D eigenvalue weighted by atomic mass is 35.5. The third kappa shape index (κ3) is 4.13. The molecule has 0 unspecified atom stereocenters. The summed E-state index contributed by atoms with van der Waals surface area (Å²) in [6, 6.07) is 8.84. The van der Waals surface area contributed by atoms with Crippen LogP contribution in [0, 0.1) is 0 Å². The van der Waals surface area contributed by atoms with Gasteiger partial charge in [-0.2, -0.15) is 0 Å². The molecule has 0 saturated heterocycles. The van der Waals surface area contributed by atoms with Gasteiger partial charge in [0.15, 0.2) is 11.0 Å². The molecular formula is C22H15ClN4O7S. The zero-order valence-electron chi connectivity index (χ0n) is 17.6. The van der Waals surface area contributed by atoms with E-state index in [9.17, 15) is 23.4 Å². The summed E-state index contributed by atoms with van der Waals surface area (Å²) in [7, 11) is -3.76. The van der Waals surface area contributed by atoms with Crippen molar-refractivity contribution in [2.24, 2.45) is 0 Å². The molecule has 3 heterocycles. The highest BCUT2D eigenvalue weighted by Gasteiger charge is 2.24. The van der Waals surface area contributed by atoms with Gasteiger partial charge in [-0.15, -0.1) is 9.19 Å². The average molecular weight is 515 g/mol. The Hall–Kier alpha value is -4.16. The third-order valence-electron chi connectivity index (χ3n) is 5.16. The van der Waals surface area contributed by atoms with Crippen LogP contribution in [0.15, 0.2) is 68.9 Å². The maximum Gasteiger partial charge on any atom is 0.255 e. The topological polar surface area (TPSA) is 162 Å². The molecule has 0 aliphatic heterocycles. The van der Waals surface area contributed by atoms with Gasteiger partial charge in [-0.1, -0.05) is 23.7 Å². The lowest BCUT2D eigenvalue weighted by atomic mass is 10.1. The minimum absolute atomic E-state index is 0.0548. The number of hydrogen-bond acceptors (Lipinski definition) is 10. The summed E-state index contributed by atoms with van der Waals surface area (Å²) in [6.07, 6.45) is 3.41. The van der Waals surface area contributed by atoms with Gasteiger partial charge < -0.3 is 19.0 Å². The fraction of sp³-hybridized carbons (Fsp3) is 0.0909. The van der Waals surface area contributed by atoms with E-state index < -0.39 is 27.0 Å². The second kappa shape index (κ2) is 8.56. The first kappa shape index (κ1) is 22.6. The van der Waals surface area contributed by atoms with E-state index >= 15 is 0 Å². The molecule has 0 bridgehead atoms. The van der Waals surface area contributed by atoms with Crippen molar-refractivity contribution in [1.82, 2.24) is 19.2 Å². The fourth-order valence-corrected chi connectivity index (χ4v) is 4.76. The zero-order chi connectivity index (χ0) is 24.7. The Bertz CT molecular complexity index is 1730. The Balaban J connectivity index is 1.59. The number of halogens is 1. The molecule has 0 fully saturated rings. The summed E-state index contributed by atoms with van der Waals surface area (Å²) in [5.41, 5.74) is -0.415. The number of hydrogen-bond donors (Lipinski definition) is 2. The van der Waals surface area contributed by atoms with Crippen molar-refractivity contribution >= 4 is 32.6 Å². The van der Waals surface area contributed by atoms with Crippen molar-refractivity contribution in [2.75, 3.05) is 5.75 Å². The van der Waals surface area contributed by atoms with E-state index in [1.165, 1.54) is 12.3 Å². The molecule has 2 N–H and O–H groups in total. The van der Waals surface area contributed by atoms with E-state index in [2.05, 4.69) is 15.1 Å². The summed E-state index contributed by atoms with van der Waals surface area (Å²) < 4.78 is 37.0. The van der Waals surface area contributed by atoms with Gasteiger partial charge in [0.05, 0.1) is 17.0 Å². The van der Waals surface area contributed by atoms with Crippen molar-refractivity contribution in [2.45, 2.75) is 6.42 Å². The molecule has 0 aliphatic rings.